The summed E-state index contributed by atoms with van der Waals surface area (Å²) in [7, 11) is 1.70. The van der Waals surface area contributed by atoms with Gasteiger partial charge in [-0.05, 0) is 31.0 Å². The number of carbonyl (C=O) groups is 1. The molecule has 0 aliphatic carbocycles. The summed E-state index contributed by atoms with van der Waals surface area (Å²) in [4.78, 5) is 12.0. The van der Waals surface area contributed by atoms with Crippen LogP contribution in [0.5, 0.6) is 0 Å². The third-order valence-electron chi connectivity index (χ3n) is 2.43. The van der Waals surface area contributed by atoms with Crippen molar-refractivity contribution in [1.29, 1.82) is 0 Å². The Hall–Kier alpha value is -1.04. The summed E-state index contributed by atoms with van der Waals surface area (Å²) in [5.74, 6) is -1.01. The Morgan fingerprint density at radius 3 is 2.38 bits per heavy atom. The van der Waals surface area contributed by atoms with Gasteiger partial charge in [-0.1, -0.05) is 12.1 Å². The number of aliphatic carboxylic acids is 1. The molecule has 0 saturated heterocycles. The molecule has 2 atom stereocenters. The van der Waals surface area contributed by atoms with Crippen LogP contribution in [-0.2, 0) is 4.79 Å². The number of carboxylic acids is 1. The molecular formula is C11H16N2O2S. The Labute approximate surface area is 99.2 Å². The molecule has 5 heteroatoms. The van der Waals surface area contributed by atoms with E-state index < -0.39 is 12.0 Å². The molecule has 0 aliphatic heterocycles. The van der Waals surface area contributed by atoms with Crippen LogP contribution in [0.3, 0.4) is 0 Å². The number of hydrogen-bond acceptors (Lipinski definition) is 4. The van der Waals surface area contributed by atoms with Crippen LogP contribution < -0.4 is 11.1 Å². The minimum Gasteiger partial charge on any atom is -0.480 e. The van der Waals surface area contributed by atoms with E-state index in [1.54, 1.807) is 18.8 Å². The third-order valence-corrected chi connectivity index (χ3v) is 3.17. The highest BCUT2D eigenvalue weighted by molar-refractivity contribution is 7.98. The van der Waals surface area contributed by atoms with Crippen LogP contribution in [0, 0.1) is 0 Å². The summed E-state index contributed by atoms with van der Waals surface area (Å²) < 4.78 is 0. The maximum absolute atomic E-state index is 10.8. The van der Waals surface area contributed by atoms with Gasteiger partial charge in [-0.15, -0.1) is 11.8 Å². The molecular weight excluding hydrogens is 224 g/mol. The predicted octanol–water partition coefficient (Wildman–Crippen LogP) is 1.08. The van der Waals surface area contributed by atoms with E-state index in [1.807, 2.05) is 30.5 Å². The van der Waals surface area contributed by atoms with Gasteiger partial charge in [-0.25, -0.2) is 0 Å². The lowest BCUT2D eigenvalue weighted by molar-refractivity contribution is -0.139. The Kier molecular flexibility index (Phi) is 4.79. The standard InChI is InChI=1S/C11H16N2O2S/c1-13-10(9(12)11(14)15)7-3-5-8(16-2)6-4-7/h3-6,9-10,13H,12H2,1-2H3,(H,14,15). The summed E-state index contributed by atoms with van der Waals surface area (Å²) in [6.45, 7) is 0. The van der Waals surface area contributed by atoms with Gasteiger partial charge in [-0.2, -0.15) is 0 Å². The number of hydrogen-bond donors (Lipinski definition) is 3. The average molecular weight is 240 g/mol. The largest absolute Gasteiger partial charge is 0.480 e. The number of rotatable bonds is 5. The molecule has 0 radical (unpaired) electrons. The second kappa shape index (κ2) is 5.89. The molecule has 4 N–H and O–H groups in total. The summed E-state index contributed by atoms with van der Waals surface area (Å²) in [5.41, 5.74) is 6.49. The fraction of sp³-hybridized carbons (Fsp3) is 0.364. The van der Waals surface area contributed by atoms with Gasteiger partial charge in [0, 0.05) is 4.90 Å². The van der Waals surface area contributed by atoms with Crippen LogP contribution in [0.15, 0.2) is 29.2 Å². The van der Waals surface area contributed by atoms with Crippen molar-refractivity contribution >= 4 is 17.7 Å². The van der Waals surface area contributed by atoms with Crippen molar-refractivity contribution in [3.05, 3.63) is 29.8 Å². The molecule has 0 aromatic heterocycles. The van der Waals surface area contributed by atoms with Gasteiger partial charge in [0.1, 0.15) is 6.04 Å². The van der Waals surface area contributed by atoms with Crippen LogP contribution >= 0.6 is 11.8 Å². The molecule has 1 rings (SSSR count). The van der Waals surface area contributed by atoms with Crippen LogP contribution in [-0.4, -0.2) is 30.4 Å². The zero-order valence-corrected chi connectivity index (χ0v) is 10.1. The van der Waals surface area contributed by atoms with Crippen LogP contribution in [0.1, 0.15) is 11.6 Å². The summed E-state index contributed by atoms with van der Waals surface area (Å²) >= 11 is 1.64. The molecule has 88 valence electrons. The second-order valence-corrected chi connectivity index (χ2v) is 4.28. The van der Waals surface area contributed by atoms with Crippen LogP contribution in [0.25, 0.3) is 0 Å². The van der Waals surface area contributed by atoms with E-state index in [1.165, 1.54) is 0 Å². The zero-order chi connectivity index (χ0) is 12.1. The van der Waals surface area contributed by atoms with E-state index in [2.05, 4.69) is 5.32 Å². The molecule has 0 fully saturated rings. The second-order valence-electron chi connectivity index (χ2n) is 3.40. The minimum absolute atomic E-state index is 0.367. The minimum atomic E-state index is -1.01. The lowest BCUT2D eigenvalue weighted by atomic mass is 10.0. The Morgan fingerprint density at radius 1 is 1.44 bits per heavy atom. The van der Waals surface area contributed by atoms with E-state index in [4.69, 9.17) is 10.8 Å². The molecule has 0 spiro atoms. The van der Waals surface area contributed by atoms with E-state index >= 15 is 0 Å². The number of likely N-dealkylation sites (N-methyl/N-ethyl adjacent to an activating group) is 1. The molecule has 0 aliphatic rings. The fourth-order valence-electron chi connectivity index (χ4n) is 1.51. The summed E-state index contributed by atoms with van der Waals surface area (Å²) in [5, 5.41) is 11.8. The lowest BCUT2D eigenvalue weighted by Crippen LogP contribution is -2.42. The number of carboxylic acid groups (broad SMARTS) is 1. The van der Waals surface area contributed by atoms with Crippen molar-refractivity contribution in [2.45, 2.75) is 17.0 Å². The SMILES string of the molecule is CNC(c1ccc(SC)cc1)C(N)C(=O)O. The molecule has 0 saturated carbocycles. The first kappa shape index (κ1) is 13.0. The van der Waals surface area contributed by atoms with Gasteiger partial charge in [0.05, 0.1) is 6.04 Å². The maximum Gasteiger partial charge on any atom is 0.322 e. The highest BCUT2D eigenvalue weighted by atomic mass is 32.2. The van der Waals surface area contributed by atoms with Crippen molar-refractivity contribution in [2.75, 3.05) is 13.3 Å². The van der Waals surface area contributed by atoms with Gasteiger partial charge in [0.15, 0.2) is 0 Å². The zero-order valence-electron chi connectivity index (χ0n) is 9.31. The van der Waals surface area contributed by atoms with Gasteiger partial charge >= 0.3 is 5.97 Å². The first-order chi connectivity index (χ1) is 7.60. The van der Waals surface area contributed by atoms with Gasteiger partial charge < -0.3 is 16.2 Å². The van der Waals surface area contributed by atoms with Crippen molar-refractivity contribution in [2.24, 2.45) is 5.73 Å². The predicted molar refractivity (Wildman–Crippen MR) is 65.6 cm³/mol. The Balaban J connectivity index is 2.90. The normalized spacial score (nSPS) is 14.4. The molecule has 4 nitrogen and oxygen atoms in total. The number of nitrogens with two attached hydrogens (primary N) is 1. The lowest BCUT2D eigenvalue weighted by Gasteiger charge is -2.20. The first-order valence-electron chi connectivity index (χ1n) is 4.89. The van der Waals surface area contributed by atoms with Crippen LogP contribution in [0.2, 0.25) is 0 Å². The van der Waals surface area contributed by atoms with Gasteiger partial charge in [0.2, 0.25) is 0 Å². The topological polar surface area (TPSA) is 75.3 Å². The van der Waals surface area contributed by atoms with E-state index in [-0.39, 0.29) is 6.04 Å². The van der Waals surface area contributed by atoms with Crippen molar-refractivity contribution in [1.82, 2.24) is 5.32 Å². The third kappa shape index (κ3) is 2.98. The molecule has 0 heterocycles. The summed E-state index contributed by atoms with van der Waals surface area (Å²) in [6.07, 6.45) is 1.99. The van der Waals surface area contributed by atoms with Crippen molar-refractivity contribution in [3.8, 4) is 0 Å². The van der Waals surface area contributed by atoms with E-state index in [0.29, 0.717) is 0 Å². The van der Waals surface area contributed by atoms with Crippen molar-refractivity contribution in [3.63, 3.8) is 0 Å². The van der Waals surface area contributed by atoms with Crippen molar-refractivity contribution < 1.29 is 9.90 Å². The quantitative estimate of drug-likeness (QED) is 0.672. The van der Waals surface area contributed by atoms with Gasteiger partial charge in [-0.3, -0.25) is 4.79 Å². The highest BCUT2D eigenvalue weighted by Crippen LogP contribution is 2.20. The Bertz CT molecular complexity index is 354. The molecule has 0 amide bonds. The Morgan fingerprint density at radius 2 is 2.00 bits per heavy atom. The fourth-order valence-corrected chi connectivity index (χ4v) is 1.92. The molecule has 1 aromatic rings. The number of thioether (sulfide) groups is 1. The van der Waals surface area contributed by atoms with E-state index in [9.17, 15) is 4.79 Å². The summed E-state index contributed by atoms with van der Waals surface area (Å²) in [6, 6.07) is 6.40. The molecule has 2 unspecified atom stereocenters. The van der Waals surface area contributed by atoms with Crippen LogP contribution in [0.4, 0.5) is 0 Å². The first-order valence-corrected chi connectivity index (χ1v) is 6.12. The number of nitrogens with one attached hydrogen (secondary N) is 1. The molecule has 0 bridgehead atoms. The monoisotopic (exact) mass is 240 g/mol. The smallest absolute Gasteiger partial charge is 0.322 e. The number of benzene rings is 1. The average Bonchev–Trinajstić information content (AvgIpc) is 2.30. The van der Waals surface area contributed by atoms with E-state index in [0.717, 1.165) is 10.5 Å². The maximum atomic E-state index is 10.8. The highest BCUT2D eigenvalue weighted by Gasteiger charge is 2.23. The van der Waals surface area contributed by atoms with Gasteiger partial charge in [0.25, 0.3) is 0 Å². The molecule has 1 aromatic carbocycles. The molecule has 16 heavy (non-hydrogen) atoms.